The summed E-state index contributed by atoms with van der Waals surface area (Å²) in [6, 6.07) is 152. The van der Waals surface area contributed by atoms with E-state index in [-0.39, 0.29) is 0 Å². The van der Waals surface area contributed by atoms with Crippen molar-refractivity contribution >= 4 is 143 Å². The van der Waals surface area contributed by atoms with E-state index in [0.717, 1.165) is 161 Å². The first kappa shape index (κ1) is 69.8. The smallest absolute Gasteiger partial charge is 0.227 e. The maximum absolute atomic E-state index is 7.03. The van der Waals surface area contributed by atoms with Gasteiger partial charge in [0.1, 0.15) is 33.4 Å². The van der Waals surface area contributed by atoms with Crippen molar-refractivity contribution in [1.29, 1.82) is 0 Å². The van der Waals surface area contributed by atoms with E-state index in [1.807, 2.05) is 72.8 Å². The van der Waals surface area contributed by atoms with Gasteiger partial charge >= 0.3 is 0 Å². The van der Waals surface area contributed by atoms with Crippen LogP contribution < -0.4 is 9.80 Å². The standard InChI is InChI=1S/C114H70N4O4/c1-4-21-74(22-5-1)92-33-18-19-38-103(92)118(88-59-49-76(50-60-88)98-69-84-28-11-13-32-91(84)94-35-15-17-37-96(94)98)87-55-45-73(46-56-87)82-52-63-105-101(67-82)109-107(120-105)70-99(110-112(109)122-114(116-110)79-25-8-3-9-26-79)77-41-39-71(40-42-77)80-29-20-30-89(65-80)117(86-57-47-75(48-58-86)97-68-83-27-10-12-31-90(83)93-34-14-16-36-95(93)97)85-53-43-72(44-54-85)81-51-62-104-100(66-81)108-106(119-104)64-61-102-111(108)121-113(115-102)78-23-6-2-7-24-78/h1-70H. The molecule has 0 N–H and O–H groups in total. The predicted octanol–water partition coefficient (Wildman–Crippen LogP) is 32.3. The Hall–Kier alpha value is -16.4. The Morgan fingerprint density at radius 1 is 0.189 bits per heavy atom. The lowest BCUT2D eigenvalue weighted by molar-refractivity contribution is 0.621. The fraction of sp³-hybridized carbons (Fsp3) is 0. The lowest BCUT2D eigenvalue weighted by Crippen LogP contribution is -2.11. The van der Waals surface area contributed by atoms with Crippen molar-refractivity contribution in [2.75, 3.05) is 9.80 Å². The van der Waals surface area contributed by atoms with Crippen molar-refractivity contribution in [2.45, 2.75) is 0 Å². The van der Waals surface area contributed by atoms with Gasteiger partial charge in [-0.15, -0.1) is 0 Å². The number of furan rings is 2. The zero-order chi connectivity index (χ0) is 80.3. The van der Waals surface area contributed by atoms with Gasteiger partial charge in [0.15, 0.2) is 11.2 Å². The molecule has 0 aliphatic carbocycles. The average Bonchev–Trinajstić information content (AvgIpc) is 1.54. The summed E-state index contributed by atoms with van der Waals surface area (Å²) in [5, 5.41) is 13.6. The number of anilines is 6. The number of rotatable bonds is 15. The van der Waals surface area contributed by atoms with Gasteiger partial charge in [0.05, 0.1) is 16.5 Å². The highest BCUT2D eigenvalue weighted by atomic mass is 16.4. The van der Waals surface area contributed by atoms with Gasteiger partial charge in [0, 0.05) is 61.5 Å². The van der Waals surface area contributed by atoms with Crippen LogP contribution in [0, 0.1) is 0 Å². The molecular formula is C114H70N4O4. The molecule has 0 saturated heterocycles. The van der Waals surface area contributed by atoms with Gasteiger partial charge in [-0.2, -0.15) is 0 Å². The fourth-order valence-electron chi connectivity index (χ4n) is 18.4. The molecule has 0 bridgehead atoms. The van der Waals surface area contributed by atoms with E-state index >= 15 is 0 Å². The van der Waals surface area contributed by atoms with E-state index in [1.165, 1.54) is 54.2 Å². The minimum Gasteiger partial charge on any atom is -0.456 e. The van der Waals surface area contributed by atoms with Crippen LogP contribution in [0.5, 0.6) is 0 Å². The summed E-state index contributed by atoms with van der Waals surface area (Å²) >= 11 is 0. The molecule has 0 aliphatic heterocycles. The number of aromatic nitrogens is 2. The van der Waals surface area contributed by atoms with E-state index in [9.17, 15) is 0 Å². The number of nitrogens with zero attached hydrogens (tertiary/aromatic N) is 4. The molecule has 122 heavy (non-hydrogen) atoms. The lowest BCUT2D eigenvalue weighted by atomic mass is 9.93. The first-order valence-corrected chi connectivity index (χ1v) is 41.3. The number of fused-ring (bicyclic) bond motifs is 16. The second-order valence-electron chi connectivity index (χ2n) is 31.4. The number of oxazole rings is 2. The lowest BCUT2D eigenvalue weighted by Gasteiger charge is -2.28. The van der Waals surface area contributed by atoms with Crippen LogP contribution in [-0.2, 0) is 0 Å². The molecule has 20 aromatic carbocycles. The second-order valence-corrected chi connectivity index (χ2v) is 31.4. The fourth-order valence-corrected chi connectivity index (χ4v) is 18.4. The van der Waals surface area contributed by atoms with E-state index in [0.29, 0.717) is 28.5 Å². The molecule has 8 heteroatoms. The Bertz CT molecular complexity index is 8220. The van der Waals surface area contributed by atoms with Crippen molar-refractivity contribution in [3.8, 4) is 101 Å². The molecule has 0 atom stereocenters. The van der Waals surface area contributed by atoms with E-state index < -0.39 is 0 Å². The molecule has 570 valence electrons. The Morgan fingerprint density at radius 2 is 0.574 bits per heavy atom. The normalized spacial score (nSPS) is 11.8. The van der Waals surface area contributed by atoms with Gasteiger partial charge in [-0.05, 0) is 255 Å². The van der Waals surface area contributed by atoms with Crippen LogP contribution in [-0.4, -0.2) is 9.97 Å². The Labute approximate surface area is 701 Å². The summed E-state index contributed by atoms with van der Waals surface area (Å²) in [6.07, 6.45) is 0. The topological polar surface area (TPSA) is 84.8 Å². The summed E-state index contributed by atoms with van der Waals surface area (Å²) in [6.45, 7) is 0. The Kier molecular flexibility index (Phi) is 16.5. The molecule has 0 amide bonds. The van der Waals surface area contributed by atoms with Crippen LogP contribution in [0.2, 0.25) is 0 Å². The van der Waals surface area contributed by atoms with Crippen molar-refractivity contribution in [3.63, 3.8) is 0 Å². The molecule has 0 saturated carbocycles. The molecule has 4 aromatic heterocycles. The van der Waals surface area contributed by atoms with E-state index in [4.69, 9.17) is 27.6 Å². The second kappa shape index (κ2) is 28.7. The van der Waals surface area contributed by atoms with Crippen LogP contribution >= 0.6 is 0 Å². The van der Waals surface area contributed by atoms with Gasteiger partial charge in [0.2, 0.25) is 11.8 Å². The summed E-state index contributed by atoms with van der Waals surface area (Å²) in [5.41, 5.74) is 29.1. The highest BCUT2D eigenvalue weighted by Gasteiger charge is 2.26. The van der Waals surface area contributed by atoms with Crippen molar-refractivity contribution in [2.24, 2.45) is 0 Å². The number of para-hydroxylation sites is 1. The third-order valence-corrected chi connectivity index (χ3v) is 24.3. The molecule has 24 rings (SSSR count). The zero-order valence-corrected chi connectivity index (χ0v) is 65.8. The molecule has 0 fully saturated rings. The monoisotopic (exact) mass is 1560 g/mol. The maximum Gasteiger partial charge on any atom is 0.227 e. The highest BCUT2D eigenvalue weighted by molar-refractivity contribution is 6.21. The molecule has 0 spiro atoms. The molecule has 4 heterocycles. The van der Waals surface area contributed by atoms with E-state index in [2.05, 4.69) is 362 Å². The SMILES string of the molecule is c1ccc(-c2nc3ccc4oc5ccc(-c6ccc(N(c7ccc(-c8cc9ccccc9c9ccccc89)cc7)c7cccc(-c8ccc(-c9cc%10oc%11ccc(-c%12ccc(N(c%13ccc(-c%14cc%15ccccc%15c%15ccccc%14%15)cc%13)c%13ccccc%13-c%13ccccc%13)cc%12)cc%11c%10c%10oc(-c%11ccccc%11)nc9%10)cc8)c7)cc6)cc5c4c3o2)cc1. The van der Waals surface area contributed by atoms with Gasteiger partial charge in [-0.1, -0.05) is 279 Å². The molecule has 8 nitrogen and oxygen atoms in total. The number of benzene rings is 20. The average molecular weight is 1560 g/mol. The first-order valence-electron chi connectivity index (χ1n) is 41.3. The van der Waals surface area contributed by atoms with Gasteiger partial charge in [-0.3, -0.25) is 0 Å². The maximum atomic E-state index is 7.03. The summed E-state index contributed by atoms with van der Waals surface area (Å²) in [5.74, 6) is 1.11. The molecule has 24 aromatic rings. The summed E-state index contributed by atoms with van der Waals surface area (Å²) in [7, 11) is 0. The van der Waals surface area contributed by atoms with Crippen molar-refractivity contribution < 1.29 is 17.7 Å². The largest absolute Gasteiger partial charge is 0.456 e. The minimum atomic E-state index is 0.534. The minimum absolute atomic E-state index is 0.534. The predicted molar refractivity (Wildman–Crippen MR) is 504 cm³/mol. The van der Waals surface area contributed by atoms with Gasteiger partial charge < -0.3 is 27.5 Å². The van der Waals surface area contributed by atoms with Crippen LogP contribution in [0.1, 0.15) is 0 Å². The van der Waals surface area contributed by atoms with Crippen molar-refractivity contribution in [3.05, 3.63) is 425 Å². The molecular weight excluding hydrogens is 1490 g/mol. The Balaban J connectivity index is 0.571. The molecule has 0 radical (unpaired) electrons. The summed E-state index contributed by atoms with van der Waals surface area (Å²) in [4.78, 5) is 15.0. The van der Waals surface area contributed by atoms with Crippen molar-refractivity contribution in [1.82, 2.24) is 9.97 Å². The summed E-state index contributed by atoms with van der Waals surface area (Å²) < 4.78 is 27.0. The zero-order valence-electron chi connectivity index (χ0n) is 65.8. The quantitative estimate of drug-likeness (QED) is 0.0939. The van der Waals surface area contributed by atoms with Crippen LogP contribution in [0.15, 0.2) is 442 Å². The first-order chi connectivity index (χ1) is 60.4. The molecule has 0 aliphatic rings. The van der Waals surface area contributed by atoms with Crippen LogP contribution in [0.25, 0.3) is 210 Å². The van der Waals surface area contributed by atoms with Crippen LogP contribution in [0.4, 0.5) is 34.1 Å². The van der Waals surface area contributed by atoms with Gasteiger partial charge in [-0.25, -0.2) is 9.97 Å². The van der Waals surface area contributed by atoms with E-state index in [1.54, 1.807) is 0 Å². The highest BCUT2D eigenvalue weighted by Crippen LogP contribution is 2.49. The number of hydrogen-bond donors (Lipinski definition) is 0. The third kappa shape index (κ3) is 12.0. The third-order valence-electron chi connectivity index (χ3n) is 24.3. The molecule has 0 unspecified atom stereocenters. The Morgan fingerprint density at radius 3 is 1.13 bits per heavy atom. The van der Waals surface area contributed by atoms with Gasteiger partial charge in [0.25, 0.3) is 0 Å². The number of hydrogen-bond acceptors (Lipinski definition) is 8. The van der Waals surface area contributed by atoms with Crippen LogP contribution in [0.3, 0.4) is 0 Å².